The van der Waals surface area contributed by atoms with Crippen LogP contribution in [0.1, 0.15) is 20.2 Å². The van der Waals surface area contributed by atoms with Crippen molar-refractivity contribution in [3.8, 4) is 0 Å². The van der Waals surface area contributed by atoms with Gasteiger partial charge >= 0.3 is 0 Å². The van der Waals surface area contributed by atoms with Crippen molar-refractivity contribution in [3.05, 3.63) is 20.2 Å². The lowest BCUT2D eigenvalue weighted by molar-refractivity contribution is 1.46. The Kier molecular flexibility index (Phi) is 1.77. The highest BCUT2D eigenvalue weighted by Gasteiger charge is 2.11. The number of hydrogen-bond donors (Lipinski definition) is 0. The largest absolute Gasteiger partial charge is 0.144 e. The smallest absolute Gasteiger partial charge is 0.0487 e. The van der Waals surface area contributed by atoms with Gasteiger partial charge in [0.25, 0.3) is 0 Å². The van der Waals surface area contributed by atoms with Gasteiger partial charge in [0.1, 0.15) is 0 Å². The standard InChI is InChI=1S/C10H12S2/c1-5-6(2)12-10-8(4)11-7(3)9(5)10/h1-4H3. The average molecular weight is 196 g/mol. The lowest BCUT2D eigenvalue weighted by Gasteiger charge is -1.88. The Balaban J connectivity index is 2.98. The maximum absolute atomic E-state index is 2.23. The minimum atomic E-state index is 1.47. The van der Waals surface area contributed by atoms with E-state index in [4.69, 9.17) is 0 Å². The second-order valence-corrected chi connectivity index (χ2v) is 5.86. The molecule has 0 spiro atoms. The molecule has 2 heterocycles. The van der Waals surface area contributed by atoms with Crippen LogP contribution in [0.4, 0.5) is 0 Å². The van der Waals surface area contributed by atoms with Crippen LogP contribution in [0.2, 0.25) is 0 Å². The predicted molar refractivity (Wildman–Crippen MR) is 58.7 cm³/mol. The van der Waals surface area contributed by atoms with Crippen LogP contribution in [0.3, 0.4) is 0 Å². The molecule has 0 fully saturated rings. The maximum atomic E-state index is 2.23. The first-order chi connectivity index (χ1) is 5.61. The van der Waals surface area contributed by atoms with E-state index in [-0.39, 0.29) is 0 Å². The molecule has 0 bridgehead atoms. The number of thiophene rings is 2. The zero-order valence-corrected chi connectivity index (χ0v) is 9.45. The van der Waals surface area contributed by atoms with Gasteiger partial charge in [0.15, 0.2) is 0 Å². The van der Waals surface area contributed by atoms with Crippen molar-refractivity contribution in [2.45, 2.75) is 27.7 Å². The van der Waals surface area contributed by atoms with Crippen LogP contribution in [-0.2, 0) is 0 Å². The second-order valence-electron chi connectivity index (χ2n) is 3.20. The van der Waals surface area contributed by atoms with E-state index in [0.717, 1.165) is 0 Å². The van der Waals surface area contributed by atoms with Crippen LogP contribution >= 0.6 is 22.7 Å². The number of hydrogen-bond acceptors (Lipinski definition) is 2. The summed E-state index contributed by atoms with van der Waals surface area (Å²) in [7, 11) is 0. The molecule has 0 aliphatic carbocycles. The van der Waals surface area contributed by atoms with Crippen molar-refractivity contribution in [2.24, 2.45) is 0 Å². The van der Waals surface area contributed by atoms with Gasteiger partial charge in [-0.3, -0.25) is 0 Å². The van der Waals surface area contributed by atoms with Crippen LogP contribution in [0.15, 0.2) is 0 Å². The zero-order chi connectivity index (χ0) is 8.88. The summed E-state index contributed by atoms with van der Waals surface area (Å²) in [6.45, 7) is 8.88. The summed E-state index contributed by atoms with van der Waals surface area (Å²) in [5.74, 6) is 0. The molecule has 0 aromatic carbocycles. The Hall–Kier alpha value is -0.340. The molecule has 0 nitrogen and oxygen atoms in total. The monoisotopic (exact) mass is 196 g/mol. The fraction of sp³-hybridized carbons (Fsp3) is 0.400. The molecule has 2 aromatic rings. The number of rotatable bonds is 0. The lowest BCUT2D eigenvalue weighted by Crippen LogP contribution is -1.69. The van der Waals surface area contributed by atoms with Crippen LogP contribution in [0, 0.1) is 27.7 Å². The van der Waals surface area contributed by atoms with Gasteiger partial charge in [-0.25, -0.2) is 0 Å². The summed E-state index contributed by atoms with van der Waals surface area (Å²) in [4.78, 5) is 4.42. The predicted octanol–water partition coefficient (Wildman–Crippen LogP) is 4.20. The molecule has 64 valence electrons. The van der Waals surface area contributed by atoms with Crippen molar-refractivity contribution < 1.29 is 0 Å². The molecular formula is C10H12S2. The van der Waals surface area contributed by atoms with Gasteiger partial charge in [-0.1, -0.05) is 0 Å². The molecule has 0 saturated heterocycles. The highest BCUT2D eigenvalue weighted by Crippen LogP contribution is 2.39. The van der Waals surface area contributed by atoms with Crippen LogP contribution in [-0.4, -0.2) is 0 Å². The third-order valence-electron chi connectivity index (χ3n) is 2.36. The van der Waals surface area contributed by atoms with E-state index in [1.165, 1.54) is 30.3 Å². The molecule has 0 aliphatic rings. The molecule has 12 heavy (non-hydrogen) atoms. The van der Waals surface area contributed by atoms with Gasteiger partial charge in [-0.05, 0) is 33.3 Å². The molecule has 0 aliphatic heterocycles. The Morgan fingerprint density at radius 3 is 2.00 bits per heavy atom. The lowest BCUT2D eigenvalue weighted by atomic mass is 10.2. The molecule has 0 radical (unpaired) electrons. The van der Waals surface area contributed by atoms with E-state index < -0.39 is 0 Å². The van der Waals surface area contributed by atoms with Gasteiger partial charge in [-0.2, -0.15) is 0 Å². The van der Waals surface area contributed by atoms with E-state index in [2.05, 4.69) is 27.7 Å². The summed E-state index contributed by atoms with van der Waals surface area (Å²) in [5, 5.41) is 1.51. The third kappa shape index (κ3) is 0.947. The third-order valence-corrected chi connectivity index (χ3v) is 4.84. The van der Waals surface area contributed by atoms with E-state index >= 15 is 0 Å². The molecule has 0 atom stereocenters. The van der Waals surface area contributed by atoms with Crippen molar-refractivity contribution in [2.75, 3.05) is 0 Å². The highest BCUT2D eigenvalue weighted by molar-refractivity contribution is 7.24. The SMILES string of the molecule is Cc1sc2c(C)sc(C)c2c1C. The molecular weight excluding hydrogens is 184 g/mol. The van der Waals surface area contributed by atoms with Crippen LogP contribution < -0.4 is 0 Å². The highest BCUT2D eigenvalue weighted by atomic mass is 32.1. The van der Waals surface area contributed by atoms with Crippen LogP contribution in [0.25, 0.3) is 10.1 Å². The minimum Gasteiger partial charge on any atom is -0.144 e. The molecule has 0 saturated carbocycles. The molecule has 2 rings (SSSR count). The quantitative estimate of drug-likeness (QED) is 0.592. The van der Waals surface area contributed by atoms with Gasteiger partial charge in [-0.15, -0.1) is 22.7 Å². The summed E-state index contributed by atoms with van der Waals surface area (Å²) < 4.78 is 1.51. The summed E-state index contributed by atoms with van der Waals surface area (Å²) >= 11 is 3.86. The van der Waals surface area contributed by atoms with Gasteiger partial charge in [0.2, 0.25) is 0 Å². The van der Waals surface area contributed by atoms with E-state index in [1.807, 2.05) is 22.7 Å². The average Bonchev–Trinajstić information content (AvgIpc) is 2.41. The maximum Gasteiger partial charge on any atom is 0.0487 e. The molecule has 2 heteroatoms. The van der Waals surface area contributed by atoms with E-state index in [1.54, 1.807) is 0 Å². The number of fused-ring (bicyclic) bond motifs is 1. The summed E-state index contributed by atoms with van der Waals surface area (Å²) in [6, 6.07) is 0. The zero-order valence-electron chi connectivity index (χ0n) is 7.82. The van der Waals surface area contributed by atoms with Gasteiger partial charge in [0.05, 0.1) is 0 Å². The Bertz CT molecular complexity index is 432. The minimum absolute atomic E-state index is 1.47. The topological polar surface area (TPSA) is 0 Å². The summed E-state index contributed by atoms with van der Waals surface area (Å²) in [6.07, 6.45) is 0. The van der Waals surface area contributed by atoms with E-state index in [9.17, 15) is 0 Å². The normalized spacial score (nSPS) is 11.3. The van der Waals surface area contributed by atoms with Crippen molar-refractivity contribution in [1.82, 2.24) is 0 Å². The molecule has 2 aromatic heterocycles. The Morgan fingerprint density at radius 2 is 1.42 bits per heavy atom. The van der Waals surface area contributed by atoms with E-state index in [0.29, 0.717) is 0 Å². The Morgan fingerprint density at radius 1 is 0.750 bits per heavy atom. The Labute approximate surface area is 80.9 Å². The van der Waals surface area contributed by atoms with Crippen molar-refractivity contribution >= 4 is 32.8 Å². The van der Waals surface area contributed by atoms with Gasteiger partial charge in [0, 0.05) is 24.7 Å². The van der Waals surface area contributed by atoms with Crippen LogP contribution in [0.5, 0.6) is 0 Å². The first kappa shape index (κ1) is 8.27. The molecule has 0 amide bonds. The first-order valence-corrected chi connectivity index (χ1v) is 5.70. The molecule has 0 unspecified atom stereocenters. The van der Waals surface area contributed by atoms with Crippen molar-refractivity contribution in [1.29, 1.82) is 0 Å². The fourth-order valence-electron chi connectivity index (χ4n) is 1.63. The second kappa shape index (κ2) is 2.57. The summed E-state index contributed by atoms with van der Waals surface area (Å²) in [5.41, 5.74) is 1.48. The fourth-order valence-corrected chi connectivity index (χ4v) is 4.07. The number of aryl methyl sites for hydroxylation is 4. The van der Waals surface area contributed by atoms with Crippen molar-refractivity contribution in [3.63, 3.8) is 0 Å². The first-order valence-electron chi connectivity index (χ1n) is 4.07. The van der Waals surface area contributed by atoms with Gasteiger partial charge < -0.3 is 0 Å². The molecule has 0 N–H and O–H groups in total.